The number of hydrogen-bond acceptors (Lipinski definition) is 3. The number of Topliss-reactive ketones (excluding diaryl/α,β-unsaturated/α-hetero) is 1. The van der Waals surface area contributed by atoms with Crippen LogP contribution in [0.25, 0.3) is 0 Å². The number of rotatable bonds is 0. The summed E-state index contributed by atoms with van der Waals surface area (Å²) in [5, 5.41) is 10.4. The monoisotopic (exact) mass is 242 g/mol. The molecule has 1 saturated heterocycles. The Kier molecular flexibility index (Phi) is 1.84. The first-order valence-corrected chi connectivity index (χ1v) is 6.41. The van der Waals surface area contributed by atoms with Crippen LogP contribution in [0, 0.1) is 35.5 Å². The van der Waals surface area contributed by atoms with Crippen molar-refractivity contribution in [3.05, 3.63) is 24.8 Å². The van der Waals surface area contributed by atoms with Crippen LogP contribution in [-0.2, 0) is 9.53 Å². The fourth-order valence-corrected chi connectivity index (χ4v) is 4.14. The summed E-state index contributed by atoms with van der Waals surface area (Å²) in [6.45, 7) is 3.53. The van der Waals surface area contributed by atoms with E-state index in [0.717, 1.165) is 6.42 Å². The quantitative estimate of drug-likeness (QED) is 0.386. The number of hydrogen-bond donors (Lipinski definition) is 1. The molecule has 0 aromatic heterocycles. The van der Waals surface area contributed by atoms with Gasteiger partial charge >= 0.3 is 0 Å². The number of ether oxygens (including phenoxy) is 1. The van der Waals surface area contributed by atoms with Crippen molar-refractivity contribution in [2.24, 2.45) is 23.7 Å². The lowest BCUT2D eigenvalue weighted by molar-refractivity contribution is -0.131. The van der Waals surface area contributed by atoms with E-state index in [0.29, 0.717) is 5.92 Å². The minimum Gasteiger partial charge on any atom is -0.390 e. The molecular formula is C15H14O3. The fourth-order valence-electron chi connectivity index (χ4n) is 4.14. The summed E-state index contributed by atoms with van der Waals surface area (Å²) < 4.78 is 5.50. The Morgan fingerprint density at radius 3 is 3.06 bits per heavy atom. The molecule has 4 aliphatic rings. The van der Waals surface area contributed by atoms with Gasteiger partial charge in [0.2, 0.25) is 5.60 Å². The molecule has 1 heterocycles. The molecule has 0 unspecified atom stereocenters. The number of carbonyl (C=O) groups excluding carboxylic acids is 1. The van der Waals surface area contributed by atoms with E-state index < -0.39 is 17.8 Å². The van der Waals surface area contributed by atoms with Crippen molar-refractivity contribution < 1.29 is 14.6 Å². The lowest BCUT2D eigenvalue weighted by Crippen LogP contribution is -2.50. The van der Waals surface area contributed by atoms with Gasteiger partial charge in [0.05, 0.1) is 6.10 Å². The highest BCUT2D eigenvalue weighted by Gasteiger charge is 2.74. The van der Waals surface area contributed by atoms with Crippen LogP contribution in [-0.4, -0.2) is 28.7 Å². The average Bonchev–Trinajstić information content (AvgIpc) is 2.77. The van der Waals surface area contributed by atoms with E-state index in [1.54, 1.807) is 0 Å². The molecule has 1 N–H and O–H groups in total. The summed E-state index contributed by atoms with van der Waals surface area (Å²) in [6, 6.07) is 0. The third-order valence-corrected chi connectivity index (χ3v) is 4.91. The van der Waals surface area contributed by atoms with Gasteiger partial charge in [-0.3, -0.25) is 4.79 Å². The summed E-state index contributed by atoms with van der Waals surface area (Å²) in [7, 11) is 0. The van der Waals surface area contributed by atoms with Crippen molar-refractivity contribution in [3.8, 4) is 11.8 Å². The van der Waals surface area contributed by atoms with Gasteiger partial charge in [-0.15, -0.1) is 0 Å². The van der Waals surface area contributed by atoms with Crippen LogP contribution >= 0.6 is 0 Å². The highest BCUT2D eigenvalue weighted by atomic mass is 16.6. The maximum absolute atomic E-state index is 12.6. The molecular weight excluding hydrogens is 228 g/mol. The van der Waals surface area contributed by atoms with Crippen molar-refractivity contribution in [1.82, 2.24) is 0 Å². The molecule has 4 rings (SSSR count). The number of fused-ring (bicyclic) bond motifs is 6. The van der Waals surface area contributed by atoms with Gasteiger partial charge in [0.1, 0.15) is 6.10 Å². The molecule has 3 aliphatic carbocycles. The zero-order valence-corrected chi connectivity index (χ0v) is 9.87. The minimum absolute atomic E-state index is 0.0404. The van der Waals surface area contributed by atoms with Gasteiger partial charge in [-0.25, -0.2) is 0 Å². The van der Waals surface area contributed by atoms with E-state index in [1.165, 1.54) is 6.08 Å². The maximum atomic E-state index is 12.6. The molecule has 0 amide bonds. The average molecular weight is 242 g/mol. The molecule has 3 nitrogen and oxygen atoms in total. The molecule has 0 aromatic rings. The van der Waals surface area contributed by atoms with Crippen molar-refractivity contribution in [2.75, 3.05) is 0 Å². The molecule has 0 spiro atoms. The highest BCUT2D eigenvalue weighted by Crippen LogP contribution is 2.60. The largest absolute Gasteiger partial charge is 0.390 e. The van der Waals surface area contributed by atoms with Crippen molar-refractivity contribution >= 4 is 5.78 Å². The Balaban J connectivity index is 1.76. The van der Waals surface area contributed by atoms with Crippen LogP contribution in [0.5, 0.6) is 0 Å². The number of aliphatic hydroxyl groups is 1. The maximum Gasteiger partial charge on any atom is 0.216 e. The van der Waals surface area contributed by atoms with Crippen LogP contribution in [0.15, 0.2) is 24.8 Å². The third kappa shape index (κ3) is 1.02. The SMILES string of the molecule is C=CC#C[C@]12O[C@H]1[C@@H](O)[C@@H]1[C@H](C2=O)[C@@H]2C=C[C@H]1C2. The zero-order chi connectivity index (χ0) is 12.5. The van der Waals surface area contributed by atoms with Crippen molar-refractivity contribution in [3.63, 3.8) is 0 Å². The predicted octanol–water partition coefficient (Wildman–Crippen LogP) is 0.695. The number of allylic oxidation sites excluding steroid dienone is 3. The first-order chi connectivity index (χ1) is 8.69. The Bertz CT molecular complexity index is 538. The predicted molar refractivity (Wildman–Crippen MR) is 64.3 cm³/mol. The zero-order valence-electron chi connectivity index (χ0n) is 9.87. The standard InChI is InChI=1S/C15H14O3/c1-2-3-6-15-13(17)11-9-5-4-8(7-9)10(11)12(16)14(15)18-15/h2,4-5,8-12,14,16H,1,7H2/t8-,9+,10-,11+,12-,14-,15+/m0/s1. The van der Waals surface area contributed by atoms with Crippen LogP contribution in [0.2, 0.25) is 0 Å². The molecule has 3 heteroatoms. The molecule has 18 heavy (non-hydrogen) atoms. The third-order valence-electron chi connectivity index (χ3n) is 4.91. The number of ketones is 1. The first-order valence-electron chi connectivity index (χ1n) is 6.41. The Labute approximate surface area is 106 Å². The summed E-state index contributed by atoms with van der Waals surface area (Å²) >= 11 is 0. The van der Waals surface area contributed by atoms with Gasteiger partial charge < -0.3 is 9.84 Å². The lowest BCUT2D eigenvalue weighted by atomic mass is 9.67. The van der Waals surface area contributed by atoms with E-state index in [4.69, 9.17) is 4.74 Å². The van der Waals surface area contributed by atoms with E-state index in [-0.39, 0.29) is 23.5 Å². The van der Waals surface area contributed by atoms with Crippen LogP contribution in [0.4, 0.5) is 0 Å². The van der Waals surface area contributed by atoms with Crippen LogP contribution < -0.4 is 0 Å². The second-order valence-electron chi connectivity index (χ2n) is 5.65. The topological polar surface area (TPSA) is 49.8 Å². The highest BCUT2D eigenvalue weighted by molar-refractivity contribution is 5.98. The number of epoxide rings is 1. The Hall–Kier alpha value is -1.37. The minimum atomic E-state index is -1.03. The summed E-state index contributed by atoms with van der Waals surface area (Å²) in [5.41, 5.74) is -1.03. The molecule has 92 valence electrons. The normalized spacial score (nSPS) is 54.4. The van der Waals surface area contributed by atoms with E-state index in [2.05, 4.69) is 30.6 Å². The molecule has 2 saturated carbocycles. The molecule has 0 aromatic carbocycles. The van der Waals surface area contributed by atoms with Gasteiger partial charge in [-0.2, -0.15) is 0 Å². The van der Waals surface area contributed by atoms with Crippen molar-refractivity contribution in [2.45, 2.75) is 24.2 Å². The second kappa shape index (κ2) is 3.14. The molecule has 1 aliphatic heterocycles. The first kappa shape index (κ1) is 10.5. The van der Waals surface area contributed by atoms with Crippen LogP contribution in [0.1, 0.15) is 6.42 Å². The smallest absolute Gasteiger partial charge is 0.216 e. The van der Waals surface area contributed by atoms with E-state index in [1.807, 2.05) is 0 Å². The summed E-state index contributed by atoms with van der Waals surface area (Å²) in [6.07, 6.45) is 5.73. The van der Waals surface area contributed by atoms with Gasteiger partial charge in [-0.1, -0.05) is 30.6 Å². The van der Waals surface area contributed by atoms with Gasteiger partial charge in [-0.05, 0) is 24.3 Å². The van der Waals surface area contributed by atoms with Gasteiger partial charge in [0.15, 0.2) is 5.78 Å². The number of carbonyl (C=O) groups is 1. The van der Waals surface area contributed by atoms with Gasteiger partial charge in [0, 0.05) is 11.8 Å². The van der Waals surface area contributed by atoms with Crippen LogP contribution in [0.3, 0.4) is 0 Å². The number of aliphatic hydroxyl groups excluding tert-OH is 1. The Morgan fingerprint density at radius 1 is 1.50 bits per heavy atom. The van der Waals surface area contributed by atoms with E-state index >= 15 is 0 Å². The van der Waals surface area contributed by atoms with Gasteiger partial charge in [0.25, 0.3) is 0 Å². The second-order valence-corrected chi connectivity index (χ2v) is 5.65. The molecule has 7 atom stereocenters. The fraction of sp³-hybridized carbons (Fsp3) is 0.533. The lowest BCUT2D eigenvalue weighted by Gasteiger charge is -2.34. The van der Waals surface area contributed by atoms with E-state index in [9.17, 15) is 9.90 Å². The molecule has 0 radical (unpaired) electrons. The summed E-state index contributed by atoms with van der Waals surface area (Å²) in [4.78, 5) is 12.6. The van der Waals surface area contributed by atoms with Crippen molar-refractivity contribution in [1.29, 1.82) is 0 Å². The molecule has 3 fully saturated rings. The summed E-state index contributed by atoms with van der Waals surface area (Å²) in [5.74, 6) is 6.19. The molecule has 2 bridgehead atoms. The Morgan fingerprint density at radius 2 is 2.28 bits per heavy atom.